The molecule has 0 spiro atoms. The summed E-state index contributed by atoms with van der Waals surface area (Å²) in [6, 6.07) is 3.71. The van der Waals surface area contributed by atoms with Crippen LogP contribution in [0.3, 0.4) is 0 Å². The molecule has 0 aliphatic heterocycles. The average molecular weight is 381 g/mol. The molecular formula is C12H15Br2NO3. The summed E-state index contributed by atoms with van der Waals surface area (Å²) in [7, 11) is 0. The lowest BCUT2D eigenvalue weighted by atomic mass is 10.2. The van der Waals surface area contributed by atoms with Gasteiger partial charge in [-0.05, 0) is 63.4 Å². The predicted octanol–water partition coefficient (Wildman–Crippen LogP) is 3.00. The smallest absolute Gasteiger partial charge is 0.344 e. The van der Waals surface area contributed by atoms with E-state index in [0.29, 0.717) is 12.3 Å². The van der Waals surface area contributed by atoms with E-state index in [2.05, 4.69) is 31.9 Å². The number of benzene rings is 1. The van der Waals surface area contributed by atoms with Crippen molar-refractivity contribution < 1.29 is 14.3 Å². The quantitative estimate of drug-likeness (QED) is 0.797. The van der Waals surface area contributed by atoms with Gasteiger partial charge >= 0.3 is 5.97 Å². The summed E-state index contributed by atoms with van der Waals surface area (Å²) in [6.07, 6.45) is -0.146. The number of rotatable bonds is 5. The molecule has 1 aromatic carbocycles. The molecule has 0 aliphatic rings. The monoisotopic (exact) mass is 379 g/mol. The van der Waals surface area contributed by atoms with Gasteiger partial charge in [-0.25, -0.2) is 4.79 Å². The Balaban J connectivity index is 2.70. The van der Waals surface area contributed by atoms with Crippen LogP contribution in [0.1, 0.15) is 19.4 Å². The summed E-state index contributed by atoms with van der Waals surface area (Å²) in [5, 5.41) is 0. The molecule has 1 rings (SSSR count). The largest absolute Gasteiger partial charge is 0.480 e. The molecule has 0 unspecified atom stereocenters. The Bertz CT molecular complexity index is 412. The van der Waals surface area contributed by atoms with Gasteiger partial charge in [0.25, 0.3) is 0 Å². The standard InChI is InChI=1S/C12H15Br2NO3/c1-7(2)18-11(16)6-17-12-9(13)3-8(5-15)4-10(12)14/h3-4,7H,5-6,15H2,1-2H3. The highest BCUT2D eigenvalue weighted by molar-refractivity contribution is 9.11. The Hall–Kier alpha value is -0.590. The van der Waals surface area contributed by atoms with Gasteiger partial charge in [-0.3, -0.25) is 0 Å². The minimum absolute atomic E-state index is 0.128. The van der Waals surface area contributed by atoms with E-state index in [1.165, 1.54) is 0 Å². The van der Waals surface area contributed by atoms with Crippen LogP contribution in [0.5, 0.6) is 5.75 Å². The SMILES string of the molecule is CC(C)OC(=O)COc1c(Br)cc(CN)cc1Br. The molecule has 100 valence electrons. The van der Waals surface area contributed by atoms with Crippen LogP contribution in [-0.4, -0.2) is 18.7 Å². The number of hydrogen-bond acceptors (Lipinski definition) is 4. The van der Waals surface area contributed by atoms with Gasteiger partial charge in [-0.1, -0.05) is 0 Å². The van der Waals surface area contributed by atoms with Gasteiger partial charge in [0.1, 0.15) is 5.75 Å². The lowest BCUT2D eigenvalue weighted by Gasteiger charge is -2.12. The second-order valence-electron chi connectivity index (χ2n) is 3.92. The molecule has 0 saturated carbocycles. The molecule has 0 bridgehead atoms. The van der Waals surface area contributed by atoms with Crippen molar-refractivity contribution in [2.24, 2.45) is 5.73 Å². The van der Waals surface area contributed by atoms with Crippen LogP contribution < -0.4 is 10.5 Å². The fourth-order valence-corrected chi connectivity index (χ4v) is 2.81. The van der Waals surface area contributed by atoms with E-state index in [1.807, 2.05) is 12.1 Å². The van der Waals surface area contributed by atoms with Crippen molar-refractivity contribution in [1.29, 1.82) is 0 Å². The third-order valence-electron chi connectivity index (χ3n) is 2.00. The number of esters is 1. The summed E-state index contributed by atoms with van der Waals surface area (Å²) in [5.74, 6) is 0.166. The fourth-order valence-electron chi connectivity index (χ4n) is 1.30. The van der Waals surface area contributed by atoms with Crippen LogP contribution in [0, 0.1) is 0 Å². The summed E-state index contributed by atoms with van der Waals surface area (Å²) in [4.78, 5) is 11.4. The highest BCUT2D eigenvalue weighted by Gasteiger charge is 2.12. The van der Waals surface area contributed by atoms with E-state index in [4.69, 9.17) is 15.2 Å². The maximum atomic E-state index is 11.4. The summed E-state index contributed by atoms with van der Waals surface area (Å²) >= 11 is 6.75. The normalized spacial score (nSPS) is 10.6. The summed E-state index contributed by atoms with van der Waals surface area (Å²) < 4.78 is 11.9. The van der Waals surface area contributed by atoms with Crippen molar-refractivity contribution in [3.63, 3.8) is 0 Å². The molecule has 4 nitrogen and oxygen atoms in total. The Morgan fingerprint density at radius 1 is 1.33 bits per heavy atom. The Morgan fingerprint density at radius 2 is 1.89 bits per heavy atom. The van der Waals surface area contributed by atoms with Crippen molar-refractivity contribution in [3.8, 4) is 5.75 Å². The van der Waals surface area contributed by atoms with Crippen molar-refractivity contribution in [3.05, 3.63) is 26.6 Å². The van der Waals surface area contributed by atoms with Gasteiger partial charge in [-0.2, -0.15) is 0 Å². The first-order chi connectivity index (χ1) is 8.43. The molecule has 1 aromatic rings. The molecule has 0 saturated heterocycles. The molecule has 0 aliphatic carbocycles. The van der Waals surface area contributed by atoms with E-state index in [1.54, 1.807) is 13.8 Å². The Labute approximate surface area is 123 Å². The van der Waals surface area contributed by atoms with Gasteiger partial charge in [0.15, 0.2) is 6.61 Å². The zero-order valence-electron chi connectivity index (χ0n) is 10.2. The molecule has 6 heteroatoms. The van der Waals surface area contributed by atoms with E-state index in [0.717, 1.165) is 14.5 Å². The lowest BCUT2D eigenvalue weighted by Crippen LogP contribution is -2.19. The first-order valence-corrected chi connectivity index (χ1v) is 7.03. The molecular weight excluding hydrogens is 366 g/mol. The molecule has 0 aromatic heterocycles. The highest BCUT2D eigenvalue weighted by atomic mass is 79.9. The average Bonchev–Trinajstić information content (AvgIpc) is 2.26. The van der Waals surface area contributed by atoms with Crippen molar-refractivity contribution in [2.75, 3.05) is 6.61 Å². The maximum Gasteiger partial charge on any atom is 0.344 e. The van der Waals surface area contributed by atoms with E-state index in [-0.39, 0.29) is 12.7 Å². The molecule has 0 amide bonds. The van der Waals surface area contributed by atoms with Crippen molar-refractivity contribution in [2.45, 2.75) is 26.5 Å². The molecule has 18 heavy (non-hydrogen) atoms. The van der Waals surface area contributed by atoms with Gasteiger partial charge < -0.3 is 15.2 Å². The molecule has 0 radical (unpaired) electrons. The van der Waals surface area contributed by atoms with Gasteiger partial charge in [0, 0.05) is 6.54 Å². The van der Waals surface area contributed by atoms with Crippen LogP contribution in [0.15, 0.2) is 21.1 Å². The second kappa shape index (κ2) is 7.11. The molecule has 0 atom stereocenters. The van der Waals surface area contributed by atoms with E-state index >= 15 is 0 Å². The second-order valence-corrected chi connectivity index (χ2v) is 5.63. The van der Waals surface area contributed by atoms with Crippen LogP contribution >= 0.6 is 31.9 Å². The van der Waals surface area contributed by atoms with Crippen LogP contribution in [0.4, 0.5) is 0 Å². The first kappa shape index (κ1) is 15.5. The van der Waals surface area contributed by atoms with Crippen LogP contribution in [0.25, 0.3) is 0 Å². The number of halogens is 2. The Kier molecular flexibility index (Phi) is 6.11. The van der Waals surface area contributed by atoms with Crippen molar-refractivity contribution in [1.82, 2.24) is 0 Å². The third kappa shape index (κ3) is 4.59. The topological polar surface area (TPSA) is 61.5 Å². The molecule has 2 N–H and O–H groups in total. The predicted molar refractivity (Wildman–Crippen MR) is 76.5 cm³/mol. The first-order valence-electron chi connectivity index (χ1n) is 5.44. The lowest BCUT2D eigenvalue weighted by molar-refractivity contribution is -0.149. The minimum atomic E-state index is -0.397. The number of carbonyl (C=O) groups excluding carboxylic acids is 1. The van der Waals surface area contributed by atoms with E-state index < -0.39 is 5.97 Å². The zero-order valence-corrected chi connectivity index (χ0v) is 13.4. The highest BCUT2D eigenvalue weighted by Crippen LogP contribution is 2.34. The maximum absolute atomic E-state index is 11.4. The fraction of sp³-hybridized carbons (Fsp3) is 0.417. The van der Waals surface area contributed by atoms with Crippen molar-refractivity contribution >= 4 is 37.8 Å². The van der Waals surface area contributed by atoms with Crippen LogP contribution in [-0.2, 0) is 16.1 Å². The van der Waals surface area contributed by atoms with Gasteiger partial charge in [-0.15, -0.1) is 0 Å². The van der Waals surface area contributed by atoms with Crippen LogP contribution in [0.2, 0.25) is 0 Å². The van der Waals surface area contributed by atoms with Gasteiger partial charge in [0.2, 0.25) is 0 Å². The number of hydrogen-bond donors (Lipinski definition) is 1. The number of ether oxygens (including phenoxy) is 2. The summed E-state index contributed by atoms with van der Waals surface area (Å²) in [5.41, 5.74) is 6.52. The Morgan fingerprint density at radius 3 is 2.33 bits per heavy atom. The zero-order chi connectivity index (χ0) is 13.7. The van der Waals surface area contributed by atoms with Gasteiger partial charge in [0.05, 0.1) is 15.0 Å². The number of carbonyl (C=O) groups is 1. The minimum Gasteiger partial charge on any atom is -0.480 e. The number of nitrogens with two attached hydrogens (primary N) is 1. The molecule has 0 heterocycles. The molecule has 0 fully saturated rings. The van der Waals surface area contributed by atoms with E-state index in [9.17, 15) is 4.79 Å². The third-order valence-corrected chi connectivity index (χ3v) is 3.17. The summed E-state index contributed by atoms with van der Waals surface area (Å²) in [6.45, 7) is 3.89.